The van der Waals surface area contributed by atoms with Crippen LogP contribution in [0.3, 0.4) is 0 Å². The predicted octanol–water partition coefficient (Wildman–Crippen LogP) is 1.29. The fourth-order valence-electron chi connectivity index (χ4n) is 3.42. The van der Waals surface area contributed by atoms with Crippen LogP contribution in [0.4, 0.5) is 5.82 Å². The third kappa shape index (κ3) is 2.95. The van der Waals surface area contributed by atoms with Crippen LogP contribution in [0.15, 0.2) is 18.5 Å². The molecule has 0 atom stereocenters. The lowest BCUT2D eigenvalue weighted by atomic mass is 10.1. The van der Waals surface area contributed by atoms with E-state index in [1.165, 1.54) is 23.2 Å². The van der Waals surface area contributed by atoms with Crippen molar-refractivity contribution in [2.75, 3.05) is 31.6 Å². The Balaban J connectivity index is 1.29. The molecule has 2 aromatic rings. The van der Waals surface area contributed by atoms with Gasteiger partial charge < -0.3 is 4.90 Å². The van der Waals surface area contributed by atoms with Gasteiger partial charge in [-0.25, -0.2) is 0 Å². The highest BCUT2D eigenvalue weighted by atomic mass is 15.4. The first-order valence-electron chi connectivity index (χ1n) is 8.49. The summed E-state index contributed by atoms with van der Waals surface area (Å²) in [5.74, 6) is 1.05. The Morgan fingerprint density at radius 2 is 2.13 bits per heavy atom. The van der Waals surface area contributed by atoms with Gasteiger partial charge in [-0.2, -0.15) is 10.2 Å². The Kier molecular flexibility index (Phi) is 3.77. The molecule has 2 aliphatic rings. The van der Waals surface area contributed by atoms with E-state index in [9.17, 15) is 0 Å². The molecule has 1 saturated heterocycles. The smallest absolute Gasteiger partial charge is 0.151 e. The minimum atomic E-state index is 0.599. The number of hydrogen-bond donors (Lipinski definition) is 0. The molecule has 4 rings (SSSR count). The molecule has 0 saturated carbocycles. The second-order valence-electron chi connectivity index (χ2n) is 6.85. The molecule has 0 amide bonds. The molecule has 0 N–H and O–H groups in total. The SMILES string of the molecule is Cc1cnn(CCN(C)C2CN(c3cc4c(nn3)CCC4)C2)c1. The van der Waals surface area contributed by atoms with Crippen molar-refractivity contribution < 1.29 is 0 Å². The van der Waals surface area contributed by atoms with E-state index >= 15 is 0 Å². The van der Waals surface area contributed by atoms with Crippen molar-refractivity contribution in [3.05, 3.63) is 35.3 Å². The normalized spacial score (nSPS) is 17.6. The molecule has 6 nitrogen and oxygen atoms in total. The number of fused-ring (bicyclic) bond motifs is 1. The quantitative estimate of drug-likeness (QED) is 0.833. The van der Waals surface area contributed by atoms with Gasteiger partial charge in [0.1, 0.15) is 0 Å². The van der Waals surface area contributed by atoms with Gasteiger partial charge in [-0.3, -0.25) is 9.58 Å². The van der Waals surface area contributed by atoms with Crippen molar-refractivity contribution in [2.24, 2.45) is 0 Å². The summed E-state index contributed by atoms with van der Waals surface area (Å²) in [5.41, 5.74) is 3.83. The molecule has 0 spiro atoms. The Labute approximate surface area is 137 Å². The van der Waals surface area contributed by atoms with Crippen LogP contribution in [0.5, 0.6) is 0 Å². The van der Waals surface area contributed by atoms with Gasteiger partial charge in [-0.1, -0.05) is 0 Å². The molecule has 0 unspecified atom stereocenters. The highest BCUT2D eigenvalue weighted by molar-refractivity contribution is 5.45. The molecular weight excluding hydrogens is 288 g/mol. The summed E-state index contributed by atoms with van der Waals surface area (Å²) >= 11 is 0. The highest BCUT2D eigenvalue weighted by Crippen LogP contribution is 2.26. The van der Waals surface area contributed by atoms with Crippen LogP contribution in [0, 0.1) is 6.92 Å². The van der Waals surface area contributed by atoms with E-state index < -0.39 is 0 Å². The van der Waals surface area contributed by atoms with Gasteiger partial charge in [-0.05, 0) is 50.4 Å². The van der Waals surface area contributed by atoms with E-state index in [-0.39, 0.29) is 0 Å². The average Bonchev–Trinajstić information content (AvgIpc) is 3.11. The van der Waals surface area contributed by atoms with E-state index in [0.29, 0.717) is 6.04 Å². The number of anilines is 1. The third-order valence-electron chi connectivity index (χ3n) is 5.06. The summed E-state index contributed by atoms with van der Waals surface area (Å²) in [6.07, 6.45) is 7.50. The van der Waals surface area contributed by atoms with Crippen molar-refractivity contribution in [1.82, 2.24) is 24.9 Å². The summed E-state index contributed by atoms with van der Waals surface area (Å²) in [6.45, 7) is 6.13. The molecule has 1 fully saturated rings. The van der Waals surface area contributed by atoms with Crippen LogP contribution in [0.25, 0.3) is 0 Å². The molecule has 1 aliphatic carbocycles. The van der Waals surface area contributed by atoms with Gasteiger partial charge in [0.2, 0.25) is 0 Å². The first-order chi connectivity index (χ1) is 11.2. The monoisotopic (exact) mass is 312 g/mol. The van der Waals surface area contributed by atoms with Gasteiger partial charge in [0.15, 0.2) is 5.82 Å². The van der Waals surface area contributed by atoms with Crippen LogP contribution in [-0.2, 0) is 19.4 Å². The number of nitrogens with zero attached hydrogens (tertiary/aromatic N) is 6. The summed E-state index contributed by atoms with van der Waals surface area (Å²) in [4.78, 5) is 4.76. The lowest BCUT2D eigenvalue weighted by Gasteiger charge is -2.44. The summed E-state index contributed by atoms with van der Waals surface area (Å²) in [7, 11) is 2.20. The maximum Gasteiger partial charge on any atom is 0.151 e. The van der Waals surface area contributed by atoms with Gasteiger partial charge in [-0.15, -0.1) is 5.10 Å². The minimum Gasteiger partial charge on any atom is -0.352 e. The number of likely N-dealkylation sites (N-methyl/N-ethyl adjacent to an activating group) is 1. The maximum absolute atomic E-state index is 4.41. The van der Waals surface area contributed by atoms with E-state index in [2.05, 4.69) is 51.3 Å². The Morgan fingerprint density at radius 3 is 2.91 bits per heavy atom. The molecule has 6 heteroatoms. The van der Waals surface area contributed by atoms with Crippen LogP contribution in [-0.4, -0.2) is 57.6 Å². The summed E-state index contributed by atoms with van der Waals surface area (Å²) < 4.78 is 2.02. The highest BCUT2D eigenvalue weighted by Gasteiger charge is 2.31. The van der Waals surface area contributed by atoms with Gasteiger partial charge in [0.05, 0.1) is 18.4 Å². The summed E-state index contributed by atoms with van der Waals surface area (Å²) in [5, 5.41) is 13.1. The fourth-order valence-corrected chi connectivity index (χ4v) is 3.42. The van der Waals surface area contributed by atoms with Crippen molar-refractivity contribution in [2.45, 2.75) is 38.8 Å². The van der Waals surface area contributed by atoms with Gasteiger partial charge >= 0.3 is 0 Å². The second kappa shape index (κ2) is 5.92. The zero-order valence-corrected chi connectivity index (χ0v) is 13.9. The minimum absolute atomic E-state index is 0.599. The zero-order valence-electron chi connectivity index (χ0n) is 13.9. The van der Waals surface area contributed by atoms with Crippen LogP contribution in [0.1, 0.15) is 23.2 Å². The van der Waals surface area contributed by atoms with Crippen molar-refractivity contribution >= 4 is 5.82 Å². The van der Waals surface area contributed by atoms with E-state index in [4.69, 9.17) is 0 Å². The maximum atomic E-state index is 4.41. The van der Waals surface area contributed by atoms with Gasteiger partial charge in [0, 0.05) is 31.9 Å². The first kappa shape index (κ1) is 14.6. The third-order valence-corrected chi connectivity index (χ3v) is 5.06. The first-order valence-corrected chi connectivity index (χ1v) is 8.49. The Bertz CT molecular complexity index is 688. The average molecular weight is 312 g/mol. The second-order valence-corrected chi connectivity index (χ2v) is 6.85. The zero-order chi connectivity index (χ0) is 15.8. The molecular formula is C17H24N6. The van der Waals surface area contributed by atoms with E-state index in [1.54, 1.807) is 0 Å². The molecule has 2 aromatic heterocycles. The van der Waals surface area contributed by atoms with Crippen molar-refractivity contribution in [1.29, 1.82) is 0 Å². The lowest BCUT2D eigenvalue weighted by molar-refractivity contribution is 0.195. The summed E-state index contributed by atoms with van der Waals surface area (Å²) in [6, 6.07) is 2.85. The molecule has 1 aliphatic heterocycles. The predicted molar refractivity (Wildman–Crippen MR) is 89.7 cm³/mol. The van der Waals surface area contributed by atoms with Crippen LogP contribution in [0.2, 0.25) is 0 Å². The molecule has 122 valence electrons. The standard InChI is InChI=1S/C17H24N6/c1-13-9-18-23(10-13)7-6-21(2)15-11-22(12-15)17-8-14-4-3-5-16(14)19-20-17/h8-10,15H,3-7,11-12H2,1-2H3. The largest absolute Gasteiger partial charge is 0.352 e. The van der Waals surface area contributed by atoms with Crippen LogP contribution < -0.4 is 4.90 Å². The number of aromatic nitrogens is 4. The number of hydrogen-bond acceptors (Lipinski definition) is 5. The molecule has 23 heavy (non-hydrogen) atoms. The van der Waals surface area contributed by atoms with Crippen molar-refractivity contribution in [3.63, 3.8) is 0 Å². The fraction of sp³-hybridized carbons (Fsp3) is 0.588. The molecule has 0 radical (unpaired) electrons. The lowest BCUT2D eigenvalue weighted by Crippen LogP contribution is -2.59. The van der Waals surface area contributed by atoms with Gasteiger partial charge in [0.25, 0.3) is 0 Å². The Hall–Kier alpha value is -1.95. The van der Waals surface area contributed by atoms with Crippen molar-refractivity contribution in [3.8, 4) is 0 Å². The topological polar surface area (TPSA) is 50.1 Å². The van der Waals surface area contributed by atoms with E-state index in [1.807, 2.05) is 10.9 Å². The number of aryl methyl sites for hydroxylation is 3. The molecule has 0 bridgehead atoms. The van der Waals surface area contributed by atoms with E-state index in [0.717, 1.165) is 44.8 Å². The van der Waals surface area contributed by atoms with Crippen LogP contribution >= 0.6 is 0 Å². The molecule has 3 heterocycles. The molecule has 0 aromatic carbocycles. The Morgan fingerprint density at radius 1 is 1.26 bits per heavy atom. The number of rotatable bonds is 5.